The number of rotatable bonds is 9. The van der Waals surface area contributed by atoms with Crippen LogP contribution in [0.2, 0.25) is 0 Å². The number of hydrogen-bond acceptors (Lipinski definition) is 9. The summed E-state index contributed by atoms with van der Waals surface area (Å²) in [6, 6.07) is 13.9. The van der Waals surface area contributed by atoms with Gasteiger partial charge in [0.25, 0.3) is 11.5 Å². The molecule has 0 aliphatic carbocycles. The van der Waals surface area contributed by atoms with Crippen molar-refractivity contribution in [2.45, 2.75) is 19.0 Å². The highest BCUT2D eigenvalue weighted by Crippen LogP contribution is 2.47. The zero-order valence-corrected chi connectivity index (χ0v) is 23.5. The van der Waals surface area contributed by atoms with Crippen molar-refractivity contribution in [2.24, 2.45) is 0 Å². The van der Waals surface area contributed by atoms with Crippen molar-refractivity contribution in [2.75, 3.05) is 34.2 Å². The van der Waals surface area contributed by atoms with Crippen molar-refractivity contribution in [3.63, 3.8) is 0 Å². The normalized spacial score (nSPS) is 12.1. The van der Waals surface area contributed by atoms with Gasteiger partial charge in [0.15, 0.2) is 11.5 Å². The molecule has 4 aromatic rings. The molecule has 0 radical (unpaired) electrons. The van der Waals surface area contributed by atoms with E-state index in [1.807, 2.05) is 18.2 Å². The molecule has 5 rings (SSSR count). The third-order valence-corrected chi connectivity index (χ3v) is 6.83. The number of ether oxygens (including phenoxy) is 4. The van der Waals surface area contributed by atoms with Gasteiger partial charge in [0.2, 0.25) is 12.5 Å². The largest absolute Gasteiger partial charge is 0.497 e. The van der Waals surface area contributed by atoms with Crippen molar-refractivity contribution in [3.8, 4) is 34.1 Å². The second kappa shape index (κ2) is 12.0. The molecule has 0 saturated heterocycles. The van der Waals surface area contributed by atoms with Gasteiger partial charge >= 0.3 is 0 Å². The molecule has 1 amide bonds. The van der Waals surface area contributed by atoms with Crippen LogP contribution < -0.4 is 29.8 Å². The molecular weight excluding hydrogens is 554 g/mol. The molecule has 0 unspecified atom stereocenters. The summed E-state index contributed by atoms with van der Waals surface area (Å²) in [4.78, 5) is 30.5. The molecule has 2 aromatic carbocycles. The molecule has 0 saturated carbocycles. The fraction of sp³-hybridized carbons (Fsp3) is 0.276. The van der Waals surface area contributed by atoms with E-state index in [0.29, 0.717) is 45.3 Å². The quantitative estimate of drug-likeness (QED) is 0.271. The van der Waals surface area contributed by atoms with E-state index in [1.54, 1.807) is 42.0 Å². The number of pyridine rings is 2. The molecule has 0 bridgehead atoms. The second-order valence-electron chi connectivity index (χ2n) is 9.61. The standard InChI is InChI=1S/C29H29N3O8.ClH/c1-29(14-33,15-34)31-28(36)17-4-5-18(30-12-17)13-32-23-10-19(37-2)6-7-20(23)22(11-25(32)35)21-8-9-24-27(26(21)38-3)40-16-39-24;/h4-12,33-34H,13-16H2,1-3H3,(H,31,36);1H. The van der Waals surface area contributed by atoms with E-state index in [0.717, 1.165) is 5.39 Å². The predicted molar refractivity (Wildman–Crippen MR) is 154 cm³/mol. The number of aliphatic hydroxyl groups is 2. The number of nitrogens with zero attached hydrogens (tertiary/aromatic N) is 2. The number of benzene rings is 2. The highest BCUT2D eigenvalue weighted by atomic mass is 35.5. The Hall–Kier alpha value is -4.32. The average Bonchev–Trinajstić information content (AvgIpc) is 3.47. The molecule has 3 heterocycles. The number of nitrogens with one attached hydrogen (secondary N) is 1. The zero-order valence-electron chi connectivity index (χ0n) is 22.7. The first-order valence-electron chi connectivity index (χ1n) is 12.5. The van der Waals surface area contributed by atoms with Gasteiger partial charge in [0.05, 0.1) is 56.3 Å². The van der Waals surface area contributed by atoms with Crippen LogP contribution in [0.1, 0.15) is 23.0 Å². The van der Waals surface area contributed by atoms with Gasteiger partial charge < -0.3 is 39.0 Å². The van der Waals surface area contributed by atoms with E-state index in [-0.39, 0.29) is 36.9 Å². The average molecular weight is 584 g/mol. The number of aromatic nitrogens is 2. The van der Waals surface area contributed by atoms with E-state index in [9.17, 15) is 19.8 Å². The molecule has 12 heteroatoms. The summed E-state index contributed by atoms with van der Waals surface area (Å²) in [5.74, 6) is 1.61. The number of fused-ring (bicyclic) bond motifs is 2. The lowest BCUT2D eigenvalue weighted by Gasteiger charge is -2.26. The summed E-state index contributed by atoms with van der Waals surface area (Å²) in [6.07, 6.45) is 1.39. The predicted octanol–water partition coefficient (Wildman–Crippen LogP) is 2.75. The Morgan fingerprint density at radius 1 is 1.05 bits per heavy atom. The molecule has 0 atom stereocenters. The maximum Gasteiger partial charge on any atom is 0.253 e. The third kappa shape index (κ3) is 5.64. The van der Waals surface area contributed by atoms with Gasteiger partial charge in [-0.15, -0.1) is 12.4 Å². The van der Waals surface area contributed by atoms with Crippen LogP contribution in [0.25, 0.3) is 22.0 Å². The monoisotopic (exact) mass is 583 g/mol. The van der Waals surface area contributed by atoms with E-state index in [2.05, 4.69) is 10.3 Å². The fourth-order valence-corrected chi connectivity index (χ4v) is 4.52. The van der Waals surface area contributed by atoms with Crippen LogP contribution in [0, 0.1) is 0 Å². The summed E-state index contributed by atoms with van der Waals surface area (Å²) in [5, 5.41) is 22.3. The van der Waals surface area contributed by atoms with E-state index in [4.69, 9.17) is 18.9 Å². The molecule has 3 N–H and O–H groups in total. The fourth-order valence-electron chi connectivity index (χ4n) is 4.52. The highest BCUT2D eigenvalue weighted by Gasteiger charge is 2.26. The number of halogens is 1. The lowest BCUT2D eigenvalue weighted by Crippen LogP contribution is -2.51. The van der Waals surface area contributed by atoms with Gasteiger partial charge in [-0.05, 0) is 43.3 Å². The number of amides is 1. The Labute approximate surface area is 241 Å². The molecule has 216 valence electrons. The van der Waals surface area contributed by atoms with Crippen LogP contribution >= 0.6 is 12.4 Å². The molecular formula is C29H30ClN3O8. The third-order valence-electron chi connectivity index (χ3n) is 6.83. The molecule has 1 aliphatic rings. The van der Waals surface area contributed by atoms with Crippen LogP contribution in [0.4, 0.5) is 0 Å². The minimum atomic E-state index is -1.16. The lowest BCUT2D eigenvalue weighted by molar-refractivity contribution is 0.0723. The Morgan fingerprint density at radius 3 is 2.49 bits per heavy atom. The zero-order chi connectivity index (χ0) is 28.4. The van der Waals surface area contributed by atoms with E-state index < -0.39 is 24.7 Å². The van der Waals surface area contributed by atoms with Crippen LogP contribution in [-0.4, -0.2) is 65.4 Å². The maximum atomic E-state index is 13.5. The van der Waals surface area contributed by atoms with Crippen LogP contribution in [0.15, 0.2) is 59.5 Å². The minimum Gasteiger partial charge on any atom is -0.497 e. The molecule has 1 aliphatic heterocycles. The summed E-state index contributed by atoms with van der Waals surface area (Å²) in [7, 11) is 3.09. The smallest absolute Gasteiger partial charge is 0.253 e. The number of carbonyl (C=O) groups is 1. The SMILES string of the molecule is COc1ccc2c(-c3ccc4c(c3OC)OCO4)cc(=O)n(Cc3ccc(C(=O)NC(C)(CO)CO)cn3)c2c1.Cl. The Balaban J connectivity index is 0.00000387. The van der Waals surface area contributed by atoms with Gasteiger partial charge in [-0.25, -0.2) is 0 Å². The van der Waals surface area contributed by atoms with Crippen molar-refractivity contribution in [1.29, 1.82) is 0 Å². The van der Waals surface area contributed by atoms with Gasteiger partial charge in [-0.3, -0.25) is 14.6 Å². The number of hydrogen-bond donors (Lipinski definition) is 3. The van der Waals surface area contributed by atoms with Crippen molar-refractivity contribution in [3.05, 3.63) is 76.3 Å². The molecule has 11 nitrogen and oxygen atoms in total. The first-order valence-corrected chi connectivity index (χ1v) is 12.5. The summed E-state index contributed by atoms with van der Waals surface area (Å²) >= 11 is 0. The summed E-state index contributed by atoms with van der Waals surface area (Å²) < 4.78 is 23.8. The van der Waals surface area contributed by atoms with Gasteiger partial charge in [0.1, 0.15) is 5.75 Å². The number of aliphatic hydroxyl groups excluding tert-OH is 2. The first-order chi connectivity index (χ1) is 19.3. The number of methoxy groups -OCH3 is 2. The minimum absolute atomic E-state index is 0. The maximum absolute atomic E-state index is 13.5. The Morgan fingerprint density at radius 2 is 1.83 bits per heavy atom. The Kier molecular flexibility index (Phi) is 8.72. The van der Waals surface area contributed by atoms with Crippen LogP contribution in [-0.2, 0) is 6.54 Å². The van der Waals surface area contributed by atoms with Crippen molar-refractivity contribution < 1.29 is 34.0 Å². The number of carbonyl (C=O) groups excluding carboxylic acids is 1. The Bertz CT molecular complexity index is 1630. The summed E-state index contributed by atoms with van der Waals surface area (Å²) in [6.45, 7) is 0.905. The van der Waals surface area contributed by atoms with Crippen molar-refractivity contribution >= 4 is 29.2 Å². The van der Waals surface area contributed by atoms with Gasteiger partial charge in [0, 0.05) is 34.8 Å². The van der Waals surface area contributed by atoms with E-state index >= 15 is 0 Å². The van der Waals surface area contributed by atoms with Crippen molar-refractivity contribution in [1.82, 2.24) is 14.9 Å². The molecule has 0 spiro atoms. The lowest BCUT2D eigenvalue weighted by atomic mass is 9.99. The molecule has 41 heavy (non-hydrogen) atoms. The highest BCUT2D eigenvalue weighted by molar-refractivity contribution is 5.98. The van der Waals surface area contributed by atoms with Crippen LogP contribution in [0.3, 0.4) is 0 Å². The summed E-state index contributed by atoms with van der Waals surface area (Å²) in [5.41, 5.74) is 1.31. The van der Waals surface area contributed by atoms with Crippen LogP contribution in [0.5, 0.6) is 23.0 Å². The second-order valence-corrected chi connectivity index (χ2v) is 9.61. The molecule has 0 fully saturated rings. The van der Waals surface area contributed by atoms with E-state index in [1.165, 1.54) is 20.2 Å². The topological polar surface area (TPSA) is 141 Å². The molecule has 2 aromatic heterocycles. The van der Waals surface area contributed by atoms with Gasteiger partial charge in [-0.1, -0.05) is 0 Å². The van der Waals surface area contributed by atoms with Gasteiger partial charge in [-0.2, -0.15) is 0 Å². The first kappa shape index (κ1) is 29.7.